The third-order valence-corrected chi connectivity index (χ3v) is 4.11. The van der Waals surface area contributed by atoms with Crippen LogP contribution in [0, 0.1) is 5.92 Å². The molecule has 104 valence electrons. The van der Waals surface area contributed by atoms with E-state index in [0.29, 0.717) is 6.04 Å². The predicted molar refractivity (Wildman–Crippen MR) is 77.8 cm³/mol. The maximum Gasteiger partial charge on any atom is 0.166 e. The van der Waals surface area contributed by atoms with E-state index in [1.807, 2.05) is 0 Å². The molecule has 0 bridgehead atoms. The number of hydrogen-bond donors (Lipinski definition) is 2. The number of hydrogen-bond acceptors (Lipinski definition) is 3. The molecule has 1 saturated heterocycles. The SMILES string of the molecule is CC1CCC(NC(=S)NCCN2CCOCC2)C1. The lowest BCUT2D eigenvalue weighted by atomic mass is 10.1. The Morgan fingerprint density at radius 3 is 2.78 bits per heavy atom. The maximum absolute atomic E-state index is 5.33. The number of nitrogens with one attached hydrogen (secondary N) is 2. The predicted octanol–water partition coefficient (Wildman–Crippen LogP) is 0.971. The molecule has 1 aliphatic heterocycles. The quantitative estimate of drug-likeness (QED) is 0.745. The van der Waals surface area contributed by atoms with Crippen molar-refractivity contribution < 1.29 is 4.74 Å². The first kappa shape index (κ1) is 14.0. The van der Waals surface area contributed by atoms with E-state index in [4.69, 9.17) is 17.0 Å². The fourth-order valence-corrected chi connectivity index (χ4v) is 3.00. The van der Waals surface area contributed by atoms with Gasteiger partial charge < -0.3 is 15.4 Å². The topological polar surface area (TPSA) is 36.5 Å². The molecule has 4 nitrogen and oxygen atoms in total. The van der Waals surface area contributed by atoms with E-state index in [9.17, 15) is 0 Å². The molecule has 1 saturated carbocycles. The minimum absolute atomic E-state index is 0.586. The van der Waals surface area contributed by atoms with Gasteiger partial charge in [0.1, 0.15) is 0 Å². The molecule has 2 atom stereocenters. The highest BCUT2D eigenvalue weighted by molar-refractivity contribution is 7.80. The summed E-state index contributed by atoms with van der Waals surface area (Å²) in [7, 11) is 0. The van der Waals surface area contributed by atoms with Gasteiger partial charge in [-0.3, -0.25) is 4.90 Å². The second kappa shape index (κ2) is 7.26. The fourth-order valence-electron chi connectivity index (χ4n) is 2.73. The van der Waals surface area contributed by atoms with Crippen LogP contribution in [0.2, 0.25) is 0 Å². The monoisotopic (exact) mass is 271 g/mol. The molecule has 0 aromatic rings. The van der Waals surface area contributed by atoms with E-state index in [1.165, 1.54) is 19.3 Å². The summed E-state index contributed by atoms with van der Waals surface area (Å²) in [6.45, 7) is 8.10. The highest BCUT2D eigenvalue weighted by atomic mass is 32.1. The molecule has 0 aromatic carbocycles. The molecule has 1 heterocycles. The average Bonchev–Trinajstić information content (AvgIpc) is 2.76. The molecule has 0 radical (unpaired) electrons. The van der Waals surface area contributed by atoms with E-state index in [0.717, 1.165) is 50.4 Å². The van der Waals surface area contributed by atoms with E-state index in [2.05, 4.69) is 22.5 Å². The molecule has 0 spiro atoms. The van der Waals surface area contributed by atoms with Crippen LogP contribution in [0.15, 0.2) is 0 Å². The first-order valence-electron chi connectivity index (χ1n) is 7.08. The highest BCUT2D eigenvalue weighted by Gasteiger charge is 2.21. The summed E-state index contributed by atoms with van der Waals surface area (Å²) < 4.78 is 5.33. The Kier molecular flexibility index (Phi) is 5.66. The standard InChI is InChI=1S/C13H25N3OS/c1-11-2-3-12(10-11)15-13(18)14-4-5-16-6-8-17-9-7-16/h11-12H,2-10H2,1H3,(H2,14,15,18). The summed E-state index contributed by atoms with van der Waals surface area (Å²) in [5, 5.41) is 7.56. The summed E-state index contributed by atoms with van der Waals surface area (Å²) in [6, 6.07) is 0.586. The molecule has 0 amide bonds. The minimum atomic E-state index is 0.586. The molecule has 2 fully saturated rings. The van der Waals surface area contributed by atoms with Crippen molar-refractivity contribution in [1.82, 2.24) is 15.5 Å². The Morgan fingerprint density at radius 1 is 1.33 bits per heavy atom. The Labute approximate surface area is 115 Å². The lowest BCUT2D eigenvalue weighted by Crippen LogP contribution is -2.45. The zero-order chi connectivity index (χ0) is 12.8. The van der Waals surface area contributed by atoms with E-state index >= 15 is 0 Å². The zero-order valence-electron chi connectivity index (χ0n) is 11.3. The van der Waals surface area contributed by atoms with Gasteiger partial charge in [-0.1, -0.05) is 6.92 Å². The van der Waals surface area contributed by atoms with Gasteiger partial charge in [-0.2, -0.15) is 0 Å². The Balaban J connectivity index is 1.54. The first-order chi connectivity index (χ1) is 8.74. The van der Waals surface area contributed by atoms with Crippen LogP contribution in [0.4, 0.5) is 0 Å². The van der Waals surface area contributed by atoms with Crippen molar-refractivity contribution in [3.05, 3.63) is 0 Å². The maximum atomic E-state index is 5.33. The number of nitrogens with zero attached hydrogens (tertiary/aromatic N) is 1. The molecule has 2 aliphatic rings. The second-order valence-electron chi connectivity index (χ2n) is 5.47. The van der Waals surface area contributed by atoms with Gasteiger partial charge in [-0.15, -0.1) is 0 Å². The van der Waals surface area contributed by atoms with Gasteiger partial charge in [0.25, 0.3) is 0 Å². The van der Waals surface area contributed by atoms with Crippen LogP contribution in [0.1, 0.15) is 26.2 Å². The summed E-state index contributed by atoms with van der Waals surface area (Å²) >= 11 is 5.33. The molecule has 5 heteroatoms. The minimum Gasteiger partial charge on any atom is -0.379 e. The zero-order valence-corrected chi connectivity index (χ0v) is 12.1. The van der Waals surface area contributed by atoms with E-state index < -0.39 is 0 Å². The van der Waals surface area contributed by atoms with Crippen molar-refractivity contribution in [2.45, 2.75) is 32.2 Å². The number of morpholine rings is 1. The number of rotatable bonds is 4. The van der Waals surface area contributed by atoms with Crippen molar-refractivity contribution in [1.29, 1.82) is 0 Å². The van der Waals surface area contributed by atoms with Gasteiger partial charge in [0, 0.05) is 32.2 Å². The highest BCUT2D eigenvalue weighted by Crippen LogP contribution is 2.24. The second-order valence-corrected chi connectivity index (χ2v) is 5.88. The summed E-state index contributed by atoms with van der Waals surface area (Å²) in [6.07, 6.45) is 3.84. The van der Waals surface area contributed by atoms with Crippen molar-refractivity contribution in [2.24, 2.45) is 5.92 Å². The van der Waals surface area contributed by atoms with Crippen LogP contribution in [-0.4, -0.2) is 55.4 Å². The van der Waals surface area contributed by atoms with Gasteiger partial charge >= 0.3 is 0 Å². The molecule has 2 unspecified atom stereocenters. The van der Waals surface area contributed by atoms with Crippen molar-refractivity contribution in [2.75, 3.05) is 39.4 Å². The average molecular weight is 271 g/mol. The number of ether oxygens (including phenoxy) is 1. The largest absolute Gasteiger partial charge is 0.379 e. The van der Waals surface area contributed by atoms with Crippen LogP contribution in [0.25, 0.3) is 0 Å². The van der Waals surface area contributed by atoms with E-state index in [1.54, 1.807) is 0 Å². The van der Waals surface area contributed by atoms with Gasteiger partial charge in [-0.25, -0.2) is 0 Å². The first-order valence-corrected chi connectivity index (χ1v) is 7.49. The molecule has 2 N–H and O–H groups in total. The van der Waals surface area contributed by atoms with Gasteiger partial charge in [0.2, 0.25) is 0 Å². The third kappa shape index (κ3) is 4.71. The lowest BCUT2D eigenvalue weighted by molar-refractivity contribution is 0.0389. The molecule has 0 aromatic heterocycles. The van der Waals surface area contributed by atoms with Crippen LogP contribution in [0.3, 0.4) is 0 Å². The molecular formula is C13H25N3OS. The van der Waals surface area contributed by atoms with Gasteiger partial charge in [-0.05, 0) is 37.4 Å². The summed E-state index contributed by atoms with van der Waals surface area (Å²) in [4.78, 5) is 2.41. The molecule has 2 rings (SSSR count). The van der Waals surface area contributed by atoms with Crippen LogP contribution in [0.5, 0.6) is 0 Å². The Hall–Kier alpha value is -0.390. The lowest BCUT2D eigenvalue weighted by Gasteiger charge is -2.27. The Bertz CT molecular complexity index is 269. The summed E-state index contributed by atoms with van der Waals surface area (Å²) in [5.74, 6) is 0.846. The molecule has 1 aliphatic carbocycles. The number of thiocarbonyl (C=S) groups is 1. The van der Waals surface area contributed by atoms with Gasteiger partial charge in [0.05, 0.1) is 13.2 Å². The smallest absolute Gasteiger partial charge is 0.166 e. The molecular weight excluding hydrogens is 246 g/mol. The van der Waals surface area contributed by atoms with Crippen molar-refractivity contribution >= 4 is 17.3 Å². The fraction of sp³-hybridized carbons (Fsp3) is 0.923. The third-order valence-electron chi connectivity index (χ3n) is 3.85. The van der Waals surface area contributed by atoms with E-state index in [-0.39, 0.29) is 0 Å². The van der Waals surface area contributed by atoms with Crippen molar-refractivity contribution in [3.63, 3.8) is 0 Å². The summed E-state index contributed by atoms with van der Waals surface area (Å²) in [5.41, 5.74) is 0. The Morgan fingerprint density at radius 2 is 2.11 bits per heavy atom. The van der Waals surface area contributed by atoms with Crippen molar-refractivity contribution in [3.8, 4) is 0 Å². The van der Waals surface area contributed by atoms with Gasteiger partial charge in [0.15, 0.2) is 5.11 Å². The molecule has 18 heavy (non-hydrogen) atoms. The normalized spacial score (nSPS) is 29.2. The van der Waals surface area contributed by atoms with Crippen LogP contribution in [-0.2, 0) is 4.74 Å². The van der Waals surface area contributed by atoms with Crippen LogP contribution >= 0.6 is 12.2 Å². The van der Waals surface area contributed by atoms with Crippen LogP contribution < -0.4 is 10.6 Å².